The van der Waals surface area contributed by atoms with Crippen LogP contribution in [0.15, 0.2) is 18.2 Å². The van der Waals surface area contributed by atoms with E-state index in [4.69, 9.17) is 0 Å². The lowest BCUT2D eigenvalue weighted by Crippen LogP contribution is -2.32. The molecule has 3 heteroatoms. The number of unbranched alkanes of at least 4 members (excludes halogenated alkanes) is 4. The fraction of sp³-hybridized carbons (Fsp3) is 0.588. The van der Waals surface area contributed by atoms with Crippen LogP contribution in [0.4, 0.5) is 10.1 Å². The maximum absolute atomic E-state index is 13.4. The van der Waals surface area contributed by atoms with Crippen LogP contribution in [0.25, 0.3) is 0 Å². The fourth-order valence-corrected chi connectivity index (χ4v) is 2.36. The molecule has 0 saturated heterocycles. The van der Waals surface area contributed by atoms with Crippen LogP contribution in [0.3, 0.4) is 0 Å². The highest BCUT2D eigenvalue weighted by molar-refractivity contribution is 5.49. The molecule has 0 fully saturated rings. The van der Waals surface area contributed by atoms with Crippen molar-refractivity contribution in [2.75, 3.05) is 5.32 Å². The van der Waals surface area contributed by atoms with Crippen molar-refractivity contribution in [1.29, 1.82) is 5.26 Å². The molecule has 0 spiro atoms. The van der Waals surface area contributed by atoms with E-state index in [-0.39, 0.29) is 5.82 Å². The van der Waals surface area contributed by atoms with Gasteiger partial charge in [-0.2, -0.15) is 5.26 Å². The number of halogens is 1. The Balaban J connectivity index is 2.58. The van der Waals surface area contributed by atoms with Crippen molar-refractivity contribution in [1.82, 2.24) is 0 Å². The molecule has 1 atom stereocenters. The van der Waals surface area contributed by atoms with Crippen molar-refractivity contribution < 1.29 is 4.39 Å². The third-order valence-corrected chi connectivity index (χ3v) is 3.49. The van der Waals surface area contributed by atoms with Gasteiger partial charge < -0.3 is 5.32 Å². The average molecular weight is 276 g/mol. The summed E-state index contributed by atoms with van der Waals surface area (Å²) < 4.78 is 13.4. The lowest BCUT2D eigenvalue weighted by Gasteiger charge is -2.25. The van der Waals surface area contributed by atoms with E-state index in [1.165, 1.54) is 31.4 Å². The number of hydrogen-bond acceptors (Lipinski definition) is 2. The first kappa shape index (κ1) is 16.5. The molecule has 0 saturated carbocycles. The first-order valence-corrected chi connectivity index (χ1v) is 7.46. The molecule has 1 unspecified atom stereocenters. The third-order valence-electron chi connectivity index (χ3n) is 3.49. The Morgan fingerprint density at radius 2 is 1.90 bits per heavy atom. The highest BCUT2D eigenvalue weighted by Gasteiger charge is 2.23. The van der Waals surface area contributed by atoms with Gasteiger partial charge in [0, 0.05) is 5.69 Å². The zero-order valence-electron chi connectivity index (χ0n) is 12.8. The lowest BCUT2D eigenvalue weighted by molar-refractivity contribution is 0.521. The molecule has 1 aromatic carbocycles. The molecule has 110 valence electrons. The minimum Gasteiger partial charge on any atom is -0.367 e. The molecule has 0 amide bonds. The van der Waals surface area contributed by atoms with Crippen molar-refractivity contribution in [3.8, 4) is 6.07 Å². The van der Waals surface area contributed by atoms with Gasteiger partial charge in [-0.05, 0) is 44.0 Å². The van der Waals surface area contributed by atoms with Gasteiger partial charge in [-0.25, -0.2) is 4.39 Å². The maximum atomic E-state index is 13.4. The molecule has 0 aliphatic rings. The zero-order valence-corrected chi connectivity index (χ0v) is 12.8. The number of benzene rings is 1. The molecular weight excluding hydrogens is 251 g/mol. The number of anilines is 1. The third kappa shape index (κ3) is 5.61. The van der Waals surface area contributed by atoms with Crippen molar-refractivity contribution in [2.24, 2.45) is 0 Å². The molecule has 1 rings (SSSR count). The molecule has 1 N–H and O–H groups in total. The summed E-state index contributed by atoms with van der Waals surface area (Å²) in [5.74, 6) is -0.268. The highest BCUT2D eigenvalue weighted by Crippen LogP contribution is 2.23. The second kappa shape index (κ2) is 7.89. The Labute approximate surface area is 122 Å². The number of hydrogen-bond donors (Lipinski definition) is 1. The van der Waals surface area contributed by atoms with E-state index in [1.54, 1.807) is 0 Å². The van der Waals surface area contributed by atoms with E-state index in [1.807, 2.05) is 19.9 Å². The summed E-state index contributed by atoms with van der Waals surface area (Å²) in [6, 6.07) is 7.12. The van der Waals surface area contributed by atoms with Crippen molar-refractivity contribution in [3.05, 3.63) is 29.6 Å². The van der Waals surface area contributed by atoms with Crippen LogP contribution in [0, 0.1) is 24.1 Å². The summed E-state index contributed by atoms with van der Waals surface area (Å²) in [5.41, 5.74) is 0.905. The summed E-state index contributed by atoms with van der Waals surface area (Å²) in [4.78, 5) is 0. The molecule has 0 aliphatic carbocycles. The average Bonchev–Trinajstić information content (AvgIpc) is 2.37. The van der Waals surface area contributed by atoms with Gasteiger partial charge in [0.2, 0.25) is 0 Å². The maximum Gasteiger partial charge on any atom is 0.125 e. The smallest absolute Gasteiger partial charge is 0.125 e. The van der Waals surface area contributed by atoms with Crippen LogP contribution in [0.1, 0.15) is 57.9 Å². The van der Waals surface area contributed by atoms with E-state index >= 15 is 0 Å². The molecule has 0 radical (unpaired) electrons. The van der Waals surface area contributed by atoms with E-state index in [9.17, 15) is 9.65 Å². The van der Waals surface area contributed by atoms with Gasteiger partial charge in [0.25, 0.3) is 0 Å². The van der Waals surface area contributed by atoms with Gasteiger partial charge in [-0.15, -0.1) is 0 Å². The monoisotopic (exact) mass is 276 g/mol. The van der Waals surface area contributed by atoms with Crippen LogP contribution in [0.5, 0.6) is 0 Å². The second-order valence-corrected chi connectivity index (χ2v) is 5.75. The number of nitriles is 1. The molecule has 20 heavy (non-hydrogen) atoms. The number of nitrogens with zero attached hydrogens (tertiary/aromatic N) is 1. The molecule has 1 aromatic rings. The standard InChI is InChI=1S/C17H25FN2/c1-4-5-6-7-8-9-17(3,13-19)20-16-11-14(2)10-15(18)12-16/h10-12,20H,4-9H2,1-3H3. The van der Waals surface area contributed by atoms with Crippen LogP contribution in [0.2, 0.25) is 0 Å². The first-order valence-electron chi connectivity index (χ1n) is 7.46. The lowest BCUT2D eigenvalue weighted by atomic mass is 9.95. The molecule has 2 nitrogen and oxygen atoms in total. The second-order valence-electron chi connectivity index (χ2n) is 5.75. The number of rotatable bonds is 8. The van der Waals surface area contributed by atoms with Crippen LogP contribution in [-0.4, -0.2) is 5.54 Å². The first-order chi connectivity index (χ1) is 9.49. The number of nitrogens with one attached hydrogen (secondary N) is 1. The minimum absolute atomic E-state index is 0.268. The van der Waals surface area contributed by atoms with E-state index < -0.39 is 5.54 Å². The van der Waals surface area contributed by atoms with Gasteiger partial charge in [-0.3, -0.25) is 0 Å². The van der Waals surface area contributed by atoms with Crippen molar-refractivity contribution >= 4 is 5.69 Å². The largest absolute Gasteiger partial charge is 0.367 e. The Hall–Kier alpha value is -1.56. The van der Waals surface area contributed by atoms with Gasteiger partial charge >= 0.3 is 0 Å². The van der Waals surface area contributed by atoms with Crippen molar-refractivity contribution in [3.63, 3.8) is 0 Å². The highest BCUT2D eigenvalue weighted by atomic mass is 19.1. The van der Waals surface area contributed by atoms with Gasteiger partial charge in [0.05, 0.1) is 6.07 Å². The molecule has 0 heterocycles. The van der Waals surface area contributed by atoms with Gasteiger partial charge in [0.1, 0.15) is 11.4 Å². The normalized spacial score (nSPS) is 13.6. The molecule has 0 bridgehead atoms. The summed E-state index contributed by atoms with van der Waals surface area (Å²) in [6.07, 6.45) is 6.64. The molecular formula is C17H25FN2. The summed E-state index contributed by atoms with van der Waals surface area (Å²) in [6.45, 7) is 5.92. The number of aryl methyl sites for hydroxylation is 1. The Bertz CT molecular complexity index is 444. The summed E-state index contributed by atoms with van der Waals surface area (Å²) >= 11 is 0. The van der Waals surface area contributed by atoms with E-state index in [2.05, 4.69) is 18.3 Å². The van der Waals surface area contributed by atoms with Crippen LogP contribution in [-0.2, 0) is 0 Å². The van der Waals surface area contributed by atoms with Crippen LogP contribution >= 0.6 is 0 Å². The van der Waals surface area contributed by atoms with Gasteiger partial charge in [0.15, 0.2) is 0 Å². The Morgan fingerprint density at radius 3 is 2.50 bits per heavy atom. The van der Waals surface area contributed by atoms with E-state index in [0.29, 0.717) is 5.69 Å². The van der Waals surface area contributed by atoms with E-state index in [0.717, 1.165) is 24.8 Å². The summed E-state index contributed by atoms with van der Waals surface area (Å²) in [5, 5.41) is 12.6. The van der Waals surface area contributed by atoms with Crippen LogP contribution < -0.4 is 5.32 Å². The van der Waals surface area contributed by atoms with Crippen molar-refractivity contribution in [2.45, 2.75) is 64.8 Å². The SMILES string of the molecule is CCCCCCCC(C)(C#N)Nc1cc(C)cc(F)c1. The topological polar surface area (TPSA) is 35.8 Å². The Morgan fingerprint density at radius 1 is 1.20 bits per heavy atom. The predicted octanol–water partition coefficient (Wildman–Crippen LogP) is 5.19. The molecule has 0 aliphatic heterocycles. The molecule has 0 aromatic heterocycles. The summed E-state index contributed by atoms with van der Waals surface area (Å²) in [7, 11) is 0. The quantitative estimate of drug-likeness (QED) is 0.663. The fourth-order valence-electron chi connectivity index (χ4n) is 2.36. The zero-order chi connectivity index (χ0) is 15.0. The Kier molecular flexibility index (Phi) is 6.51. The van der Waals surface area contributed by atoms with Gasteiger partial charge in [-0.1, -0.05) is 39.0 Å². The minimum atomic E-state index is -0.632. The predicted molar refractivity (Wildman–Crippen MR) is 82.2 cm³/mol.